The first kappa shape index (κ1) is 18.0. The topological polar surface area (TPSA) is 45.2 Å². The second kappa shape index (κ2) is 8.09. The number of benzene rings is 2. The maximum atomic E-state index is 12.6. The van der Waals surface area contributed by atoms with Crippen LogP contribution < -0.4 is 10.2 Å². The van der Waals surface area contributed by atoms with Crippen LogP contribution in [0.3, 0.4) is 0 Å². The van der Waals surface area contributed by atoms with Crippen molar-refractivity contribution in [2.75, 3.05) is 24.5 Å². The molecule has 1 aliphatic rings. The molecule has 2 aromatic carbocycles. The molecule has 2 heterocycles. The first-order valence-corrected chi connectivity index (χ1v) is 10.4. The summed E-state index contributed by atoms with van der Waals surface area (Å²) < 4.78 is 1.22. The standard InChI is InChI=1S/C22H25N3OS/c1-16-9-10-19-20(14-16)27-22(24-19)25-13-5-8-18(15-25)21(26)23-12-11-17-6-3-2-4-7-17/h2-4,6-7,9-10,14,18H,5,8,11-13,15H2,1H3,(H,23,26). The summed E-state index contributed by atoms with van der Waals surface area (Å²) in [5.41, 5.74) is 3.56. The molecule has 1 saturated heterocycles. The van der Waals surface area contributed by atoms with E-state index in [9.17, 15) is 4.79 Å². The van der Waals surface area contributed by atoms with E-state index < -0.39 is 0 Å². The molecule has 1 aromatic heterocycles. The zero-order valence-electron chi connectivity index (χ0n) is 15.6. The van der Waals surface area contributed by atoms with Crippen molar-refractivity contribution in [3.63, 3.8) is 0 Å². The van der Waals surface area contributed by atoms with Crippen LogP contribution in [0, 0.1) is 12.8 Å². The number of piperidine rings is 1. The molecule has 4 nitrogen and oxygen atoms in total. The molecule has 1 fully saturated rings. The molecule has 0 spiro atoms. The predicted octanol–water partition coefficient (Wildman–Crippen LogP) is 4.18. The van der Waals surface area contributed by atoms with Crippen molar-refractivity contribution >= 4 is 32.6 Å². The second-order valence-electron chi connectivity index (χ2n) is 7.28. The van der Waals surface area contributed by atoms with Crippen LogP contribution in [0.25, 0.3) is 10.2 Å². The molecule has 0 bridgehead atoms. The van der Waals surface area contributed by atoms with Crippen LogP contribution >= 0.6 is 11.3 Å². The third-order valence-electron chi connectivity index (χ3n) is 5.15. The highest BCUT2D eigenvalue weighted by atomic mass is 32.1. The van der Waals surface area contributed by atoms with E-state index in [-0.39, 0.29) is 11.8 Å². The van der Waals surface area contributed by atoms with Gasteiger partial charge in [0.25, 0.3) is 0 Å². The van der Waals surface area contributed by atoms with Gasteiger partial charge in [-0.2, -0.15) is 0 Å². The zero-order chi connectivity index (χ0) is 18.6. The molecular formula is C22H25N3OS. The Morgan fingerprint density at radius 2 is 2.11 bits per heavy atom. The number of thiazole rings is 1. The minimum Gasteiger partial charge on any atom is -0.355 e. The number of hydrogen-bond donors (Lipinski definition) is 1. The lowest BCUT2D eigenvalue weighted by Gasteiger charge is -2.31. The fraction of sp³-hybridized carbons (Fsp3) is 0.364. The van der Waals surface area contributed by atoms with E-state index in [0.29, 0.717) is 6.54 Å². The van der Waals surface area contributed by atoms with E-state index in [1.165, 1.54) is 15.8 Å². The van der Waals surface area contributed by atoms with E-state index in [4.69, 9.17) is 4.98 Å². The van der Waals surface area contributed by atoms with Gasteiger partial charge in [-0.1, -0.05) is 47.7 Å². The fourth-order valence-corrected chi connectivity index (χ4v) is 4.74. The Balaban J connectivity index is 1.36. The van der Waals surface area contributed by atoms with Crippen molar-refractivity contribution in [1.29, 1.82) is 0 Å². The quantitative estimate of drug-likeness (QED) is 0.723. The summed E-state index contributed by atoms with van der Waals surface area (Å²) in [6.45, 7) is 4.54. The molecule has 0 radical (unpaired) electrons. The van der Waals surface area contributed by atoms with Crippen LogP contribution in [0.4, 0.5) is 5.13 Å². The van der Waals surface area contributed by atoms with Gasteiger partial charge in [-0.3, -0.25) is 4.79 Å². The first-order valence-electron chi connectivity index (χ1n) is 9.63. The van der Waals surface area contributed by atoms with Gasteiger partial charge < -0.3 is 10.2 Å². The number of hydrogen-bond acceptors (Lipinski definition) is 4. The summed E-state index contributed by atoms with van der Waals surface area (Å²) in [6.07, 6.45) is 2.86. The van der Waals surface area contributed by atoms with Gasteiger partial charge in [0.1, 0.15) is 0 Å². The number of nitrogens with zero attached hydrogens (tertiary/aromatic N) is 2. The van der Waals surface area contributed by atoms with Crippen molar-refractivity contribution in [3.8, 4) is 0 Å². The van der Waals surface area contributed by atoms with E-state index in [0.717, 1.165) is 43.0 Å². The molecule has 1 aliphatic heterocycles. The Morgan fingerprint density at radius 3 is 2.96 bits per heavy atom. The molecule has 5 heteroatoms. The summed E-state index contributed by atoms with van der Waals surface area (Å²) in [5.74, 6) is 0.218. The minimum atomic E-state index is 0.0447. The number of anilines is 1. The summed E-state index contributed by atoms with van der Waals surface area (Å²) >= 11 is 1.73. The normalized spacial score (nSPS) is 17.2. The Hall–Kier alpha value is -2.40. The maximum Gasteiger partial charge on any atom is 0.224 e. The van der Waals surface area contributed by atoms with Crippen LogP contribution in [-0.2, 0) is 11.2 Å². The molecule has 1 atom stereocenters. The van der Waals surface area contributed by atoms with Crippen LogP contribution in [0.5, 0.6) is 0 Å². The number of aromatic nitrogens is 1. The number of carbonyl (C=O) groups excluding carboxylic acids is 1. The van der Waals surface area contributed by atoms with E-state index in [2.05, 4.69) is 47.5 Å². The number of rotatable bonds is 5. The van der Waals surface area contributed by atoms with Gasteiger partial charge >= 0.3 is 0 Å². The van der Waals surface area contributed by atoms with Gasteiger partial charge in [-0.15, -0.1) is 0 Å². The fourth-order valence-electron chi connectivity index (χ4n) is 3.64. The molecule has 4 rings (SSSR count). The van der Waals surface area contributed by atoms with E-state index in [1.54, 1.807) is 11.3 Å². The van der Waals surface area contributed by atoms with Crippen LogP contribution in [0.15, 0.2) is 48.5 Å². The van der Waals surface area contributed by atoms with Crippen molar-refractivity contribution < 1.29 is 4.79 Å². The minimum absolute atomic E-state index is 0.0447. The average Bonchev–Trinajstić information content (AvgIpc) is 3.12. The lowest BCUT2D eigenvalue weighted by atomic mass is 9.97. The number of aryl methyl sites for hydroxylation is 1. The summed E-state index contributed by atoms with van der Waals surface area (Å²) in [5, 5.41) is 4.16. The molecule has 0 saturated carbocycles. The van der Waals surface area contributed by atoms with Crippen molar-refractivity contribution in [2.45, 2.75) is 26.2 Å². The molecule has 140 valence electrons. The van der Waals surface area contributed by atoms with Gasteiger partial charge in [0.2, 0.25) is 5.91 Å². The highest BCUT2D eigenvalue weighted by molar-refractivity contribution is 7.22. The van der Waals surface area contributed by atoms with Crippen molar-refractivity contribution in [2.24, 2.45) is 5.92 Å². The predicted molar refractivity (Wildman–Crippen MR) is 112 cm³/mol. The first-order chi connectivity index (χ1) is 13.2. The Kier molecular flexibility index (Phi) is 5.39. The van der Waals surface area contributed by atoms with Crippen LogP contribution in [-0.4, -0.2) is 30.5 Å². The molecule has 1 unspecified atom stereocenters. The lowest BCUT2D eigenvalue weighted by Crippen LogP contribution is -2.43. The summed E-state index contributed by atoms with van der Waals surface area (Å²) in [7, 11) is 0. The van der Waals surface area contributed by atoms with Crippen LogP contribution in [0.1, 0.15) is 24.0 Å². The highest BCUT2D eigenvalue weighted by Gasteiger charge is 2.27. The summed E-state index contributed by atoms with van der Waals surface area (Å²) in [6, 6.07) is 16.7. The van der Waals surface area contributed by atoms with Gasteiger partial charge in [-0.25, -0.2) is 4.98 Å². The third kappa shape index (κ3) is 4.30. The monoisotopic (exact) mass is 379 g/mol. The number of fused-ring (bicyclic) bond motifs is 1. The zero-order valence-corrected chi connectivity index (χ0v) is 16.5. The van der Waals surface area contributed by atoms with Crippen molar-refractivity contribution in [3.05, 3.63) is 59.7 Å². The number of carbonyl (C=O) groups is 1. The van der Waals surface area contributed by atoms with Crippen molar-refractivity contribution in [1.82, 2.24) is 10.3 Å². The lowest BCUT2D eigenvalue weighted by molar-refractivity contribution is -0.125. The van der Waals surface area contributed by atoms with E-state index in [1.807, 2.05) is 18.2 Å². The molecule has 1 amide bonds. The Morgan fingerprint density at radius 1 is 1.26 bits per heavy atom. The molecule has 1 N–H and O–H groups in total. The van der Waals surface area contributed by atoms with Crippen LogP contribution in [0.2, 0.25) is 0 Å². The van der Waals surface area contributed by atoms with Gasteiger partial charge in [0.15, 0.2) is 5.13 Å². The highest BCUT2D eigenvalue weighted by Crippen LogP contribution is 2.32. The number of amides is 1. The van der Waals surface area contributed by atoms with Gasteiger partial charge in [0, 0.05) is 19.6 Å². The van der Waals surface area contributed by atoms with Gasteiger partial charge in [-0.05, 0) is 49.4 Å². The SMILES string of the molecule is Cc1ccc2nc(N3CCCC(C(=O)NCCc4ccccc4)C3)sc2c1. The second-order valence-corrected chi connectivity index (χ2v) is 8.29. The molecule has 3 aromatic rings. The Labute approximate surface area is 164 Å². The maximum absolute atomic E-state index is 12.6. The largest absolute Gasteiger partial charge is 0.355 e. The average molecular weight is 380 g/mol. The van der Waals surface area contributed by atoms with Gasteiger partial charge in [0.05, 0.1) is 16.1 Å². The third-order valence-corrected chi connectivity index (χ3v) is 6.23. The molecular weight excluding hydrogens is 354 g/mol. The van der Waals surface area contributed by atoms with E-state index >= 15 is 0 Å². The number of nitrogens with one attached hydrogen (secondary N) is 1. The summed E-state index contributed by atoms with van der Waals surface area (Å²) in [4.78, 5) is 19.7. The molecule has 27 heavy (non-hydrogen) atoms. The Bertz CT molecular complexity index is 922. The smallest absolute Gasteiger partial charge is 0.224 e. The molecule has 0 aliphatic carbocycles.